The molecular weight excluding hydrogens is 176 g/mol. The van der Waals surface area contributed by atoms with Crippen molar-refractivity contribution >= 4 is 27.9 Å². The summed E-state index contributed by atoms with van der Waals surface area (Å²) >= 11 is 2.90. The van der Waals surface area contributed by atoms with E-state index in [1.54, 1.807) is 0 Å². The molecule has 0 aliphatic carbocycles. The average Bonchev–Trinajstić information content (AvgIpc) is 1.85. The highest BCUT2D eigenvalue weighted by Crippen LogP contribution is 1.98. The Hall–Kier alpha value is -0.580. The summed E-state index contributed by atoms with van der Waals surface area (Å²) in [7, 11) is 0. The number of imide groups is 1. The molecule has 4 nitrogen and oxygen atoms in total. The van der Waals surface area contributed by atoms with Crippen LogP contribution >= 0.6 is 15.9 Å². The maximum atomic E-state index is 10.3. The molecule has 8 heavy (non-hydrogen) atoms. The smallest absolute Gasteiger partial charge is 0.317 e. The molecule has 1 aliphatic heterocycles. The zero-order valence-corrected chi connectivity index (χ0v) is 5.36. The van der Waals surface area contributed by atoms with E-state index in [2.05, 4.69) is 21.2 Å². The third kappa shape index (κ3) is 0.812. The lowest BCUT2D eigenvalue weighted by molar-refractivity contribution is -0.118. The first-order valence-electron chi connectivity index (χ1n) is 1.95. The molecule has 2 N–H and O–H groups in total. The number of alkyl halides is 1. The van der Waals surface area contributed by atoms with Gasteiger partial charge in [-0.25, -0.2) is 4.79 Å². The maximum Gasteiger partial charge on any atom is 0.322 e. The van der Waals surface area contributed by atoms with Crippen LogP contribution in [0.5, 0.6) is 0 Å². The first-order chi connectivity index (χ1) is 3.70. The van der Waals surface area contributed by atoms with Gasteiger partial charge in [-0.15, -0.1) is 0 Å². The van der Waals surface area contributed by atoms with Crippen LogP contribution in [-0.2, 0) is 4.79 Å². The topological polar surface area (TPSA) is 58.2 Å². The van der Waals surface area contributed by atoms with Crippen LogP contribution in [0.25, 0.3) is 0 Å². The second kappa shape index (κ2) is 1.74. The molecule has 1 saturated heterocycles. The zero-order valence-electron chi connectivity index (χ0n) is 3.77. The second-order valence-electron chi connectivity index (χ2n) is 1.33. The molecule has 1 atom stereocenters. The van der Waals surface area contributed by atoms with Gasteiger partial charge < -0.3 is 5.32 Å². The number of carbonyl (C=O) groups excluding carboxylic acids is 2. The molecule has 0 unspecified atom stereocenters. The number of hydrogen-bond donors (Lipinski definition) is 2. The van der Waals surface area contributed by atoms with Gasteiger partial charge in [0.1, 0.15) is 0 Å². The third-order valence-electron chi connectivity index (χ3n) is 0.725. The van der Waals surface area contributed by atoms with Crippen molar-refractivity contribution < 1.29 is 9.59 Å². The molecule has 0 radical (unpaired) electrons. The second-order valence-corrected chi connectivity index (χ2v) is 2.24. The number of urea groups is 1. The molecule has 5 heteroatoms. The van der Waals surface area contributed by atoms with E-state index in [-0.39, 0.29) is 5.91 Å². The van der Waals surface area contributed by atoms with Crippen LogP contribution < -0.4 is 10.6 Å². The molecule has 0 aromatic carbocycles. The molecule has 0 spiro atoms. The molecule has 3 amide bonds. The number of hydrogen-bond acceptors (Lipinski definition) is 2. The van der Waals surface area contributed by atoms with Gasteiger partial charge >= 0.3 is 6.03 Å². The van der Waals surface area contributed by atoms with Gasteiger partial charge in [0.05, 0.1) is 0 Å². The Morgan fingerprint density at radius 2 is 2.12 bits per heavy atom. The lowest BCUT2D eigenvalue weighted by Crippen LogP contribution is -2.22. The lowest BCUT2D eigenvalue weighted by atomic mass is 10.7. The van der Waals surface area contributed by atoms with E-state index in [9.17, 15) is 9.59 Å². The Balaban J connectivity index is 2.64. The minimum Gasteiger partial charge on any atom is -0.317 e. The fourth-order valence-electron chi connectivity index (χ4n) is 0.392. The van der Waals surface area contributed by atoms with Gasteiger partial charge in [-0.3, -0.25) is 10.1 Å². The van der Waals surface area contributed by atoms with Gasteiger partial charge in [-0.2, -0.15) is 0 Å². The minimum atomic E-state index is -0.546. The molecule has 0 saturated carbocycles. The molecule has 44 valence electrons. The summed E-state index contributed by atoms with van der Waals surface area (Å²) in [5, 5.41) is 4.31. The van der Waals surface area contributed by atoms with Crippen LogP contribution in [0.4, 0.5) is 4.79 Å². The van der Waals surface area contributed by atoms with Crippen molar-refractivity contribution in [1.29, 1.82) is 0 Å². The molecule has 1 fully saturated rings. The predicted octanol–water partition coefficient (Wildman–Crippen LogP) is -0.453. The van der Waals surface area contributed by atoms with Gasteiger partial charge in [-0.05, 0) is 0 Å². The first-order valence-corrected chi connectivity index (χ1v) is 2.87. The Morgan fingerprint density at radius 3 is 2.25 bits per heavy atom. The summed E-state index contributed by atoms with van der Waals surface area (Å²) in [6.45, 7) is 0. The summed E-state index contributed by atoms with van der Waals surface area (Å²) in [5.41, 5.74) is 0. The van der Waals surface area contributed by atoms with E-state index in [0.29, 0.717) is 0 Å². The highest BCUT2D eigenvalue weighted by molar-refractivity contribution is 9.10. The van der Waals surface area contributed by atoms with Crippen molar-refractivity contribution in [3.63, 3.8) is 0 Å². The van der Waals surface area contributed by atoms with Crippen LogP contribution in [0, 0.1) is 0 Å². The van der Waals surface area contributed by atoms with Crippen molar-refractivity contribution in [1.82, 2.24) is 10.6 Å². The molecule has 1 aliphatic rings. The number of rotatable bonds is 0. The van der Waals surface area contributed by atoms with Gasteiger partial charge in [-0.1, -0.05) is 15.9 Å². The maximum absolute atomic E-state index is 10.3. The van der Waals surface area contributed by atoms with Crippen LogP contribution in [0.15, 0.2) is 0 Å². The van der Waals surface area contributed by atoms with Crippen LogP contribution in [0.1, 0.15) is 0 Å². The quantitative estimate of drug-likeness (QED) is 0.300. The Kier molecular flexibility index (Phi) is 1.21. The summed E-state index contributed by atoms with van der Waals surface area (Å²) in [6, 6.07) is -0.447. The highest BCUT2D eigenvalue weighted by Gasteiger charge is 2.25. The van der Waals surface area contributed by atoms with Crippen LogP contribution in [-0.4, -0.2) is 16.9 Å². The van der Waals surface area contributed by atoms with Gasteiger partial charge in [0.25, 0.3) is 5.91 Å². The number of carbonyl (C=O) groups is 2. The predicted molar refractivity (Wildman–Crippen MR) is 29.4 cm³/mol. The highest BCUT2D eigenvalue weighted by atomic mass is 79.9. The van der Waals surface area contributed by atoms with E-state index in [1.807, 2.05) is 5.32 Å². The molecule has 1 rings (SSSR count). The fourth-order valence-corrected chi connectivity index (χ4v) is 0.714. The van der Waals surface area contributed by atoms with E-state index < -0.39 is 11.0 Å². The minimum absolute atomic E-state index is 0.338. The van der Waals surface area contributed by atoms with Crippen LogP contribution in [0.3, 0.4) is 0 Å². The summed E-state index contributed by atoms with van der Waals surface area (Å²) < 4.78 is 0. The van der Waals surface area contributed by atoms with E-state index in [1.165, 1.54) is 0 Å². The largest absolute Gasteiger partial charge is 0.322 e. The van der Waals surface area contributed by atoms with E-state index in [4.69, 9.17) is 0 Å². The summed E-state index contributed by atoms with van der Waals surface area (Å²) in [6.07, 6.45) is 0. The number of nitrogens with one attached hydrogen (secondary N) is 2. The van der Waals surface area contributed by atoms with Crippen molar-refractivity contribution in [3.05, 3.63) is 0 Å². The monoisotopic (exact) mass is 178 g/mol. The average molecular weight is 179 g/mol. The normalized spacial score (nSPS) is 27.4. The van der Waals surface area contributed by atoms with E-state index in [0.717, 1.165) is 0 Å². The van der Waals surface area contributed by atoms with Crippen molar-refractivity contribution in [3.8, 4) is 0 Å². The van der Waals surface area contributed by atoms with Gasteiger partial charge in [0.2, 0.25) is 0 Å². The van der Waals surface area contributed by atoms with Crippen molar-refractivity contribution in [2.75, 3.05) is 0 Å². The third-order valence-corrected chi connectivity index (χ3v) is 1.37. The lowest BCUT2D eigenvalue weighted by Gasteiger charge is -1.89. The first kappa shape index (κ1) is 5.55. The Morgan fingerprint density at radius 1 is 1.50 bits per heavy atom. The summed E-state index contributed by atoms with van der Waals surface area (Å²) in [5.74, 6) is -0.338. The SMILES string of the molecule is O=C1NC(=O)[C@H](Br)N1. The molecule has 0 aromatic rings. The van der Waals surface area contributed by atoms with E-state index >= 15 is 0 Å². The number of amides is 3. The summed E-state index contributed by atoms with van der Waals surface area (Å²) in [4.78, 5) is 20.0. The molecule has 0 bridgehead atoms. The molecule has 1 heterocycles. The number of halogens is 1. The van der Waals surface area contributed by atoms with Crippen LogP contribution in [0.2, 0.25) is 0 Å². The van der Waals surface area contributed by atoms with Gasteiger partial charge in [0.15, 0.2) is 4.95 Å². The molecule has 0 aromatic heterocycles. The van der Waals surface area contributed by atoms with Gasteiger partial charge in [0, 0.05) is 0 Å². The zero-order chi connectivity index (χ0) is 6.15. The van der Waals surface area contributed by atoms with Crippen molar-refractivity contribution in [2.24, 2.45) is 0 Å². The molecular formula is C3H3BrN2O2. The van der Waals surface area contributed by atoms with Crippen molar-refractivity contribution in [2.45, 2.75) is 4.95 Å². The standard InChI is InChI=1S/C3H3BrN2O2/c4-1-2(7)6-3(8)5-1/h1H,(H2,5,6,7,8)/t1-/m1/s1. The Bertz CT molecular complexity index is 146. The fraction of sp³-hybridized carbons (Fsp3) is 0.333. The Labute approximate surface area is 53.8 Å².